The number of esters is 1. The lowest BCUT2D eigenvalue weighted by Crippen LogP contribution is -2.46. The van der Waals surface area contributed by atoms with Crippen molar-refractivity contribution < 1.29 is 24.5 Å². The van der Waals surface area contributed by atoms with Crippen LogP contribution in [0, 0.1) is 0 Å². The van der Waals surface area contributed by atoms with Crippen molar-refractivity contribution in [1.82, 2.24) is 5.32 Å². The Kier molecular flexibility index (Phi) is 40.4. The molecule has 318 valence electrons. The molecule has 6 heteroatoms. The van der Waals surface area contributed by atoms with Crippen LogP contribution in [0.2, 0.25) is 0 Å². The molecule has 0 radical (unpaired) electrons. The van der Waals surface area contributed by atoms with Crippen molar-refractivity contribution in [2.75, 3.05) is 6.61 Å². The van der Waals surface area contributed by atoms with Crippen LogP contribution < -0.4 is 5.32 Å². The van der Waals surface area contributed by atoms with Crippen LogP contribution in [0.15, 0.2) is 97.2 Å². The van der Waals surface area contributed by atoms with E-state index in [2.05, 4.69) is 74.7 Å². The molecule has 0 saturated heterocycles. The average molecular weight is 778 g/mol. The van der Waals surface area contributed by atoms with Gasteiger partial charge in [0.25, 0.3) is 0 Å². The lowest BCUT2D eigenvalue weighted by molar-refractivity contribution is -0.151. The highest BCUT2D eigenvalue weighted by Crippen LogP contribution is 2.16. The molecule has 0 aliphatic carbocycles. The Bertz CT molecular complexity index is 1140. The van der Waals surface area contributed by atoms with Gasteiger partial charge in [-0.25, -0.2) is 0 Å². The third kappa shape index (κ3) is 37.7. The molecule has 0 fully saturated rings. The summed E-state index contributed by atoms with van der Waals surface area (Å²) in [4.78, 5) is 26.0. The molecular weight excluding hydrogens is 695 g/mol. The molecule has 0 heterocycles. The zero-order chi connectivity index (χ0) is 41.0. The van der Waals surface area contributed by atoms with Crippen molar-refractivity contribution in [3.63, 3.8) is 0 Å². The van der Waals surface area contributed by atoms with Crippen molar-refractivity contribution in [2.24, 2.45) is 0 Å². The highest BCUT2D eigenvalue weighted by molar-refractivity contribution is 5.77. The summed E-state index contributed by atoms with van der Waals surface area (Å²) >= 11 is 0. The molecule has 0 aromatic carbocycles. The van der Waals surface area contributed by atoms with Crippen LogP contribution in [0.4, 0.5) is 0 Å². The fraction of sp³-hybridized carbons (Fsp3) is 0.640. The number of ether oxygens (including phenoxy) is 1. The van der Waals surface area contributed by atoms with E-state index in [1.54, 1.807) is 0 Å². The number of carbonyl (C=O) groups is 2. The van der Waals surface area contributed by atoms with Crippen LogP contribution in [-0.2, 0) is 14.3 Å². The summed E-state index contributed by atoms with van der Waals surface area (Å²) in [6.07, 6.45) is 56.1. The number of nitrogens with one attached hydrogen (secondary N) is 1. The van der Waals surface area contributed by atoms with E-state index in [0.717, 1.165) is 83.5 Å². The lowest BCUT2D eigenvalue weighted by Gasteiger charge is -2.24. The number of unbranched alkanes of at least 4 members (excludes halogenated alkanes) is 16. The van der Waals surface area contributed by atoms with Crippen molar-refractivity contribution in [1.29, 1.82) is 0 Å². The monoisotopic (exact) mass is 778 g/mol. The number of amides is 1. The van der Waals surface area contributed by atoms with Crippen LogP contribution in [-0.4, -0.2) is 46.9 Å². The molecule has 3 atom stereocenters. The standard InChI is InChI=1S/C50H83NO5/c1-4-7-10-13-16-19-22-24-27-29-32-35-38-41-46(56-50(55)43-40-37-34-31-28-25-23-20-17-14-11-8-5-2)44-49(54)51-47(45-52)48(53)42-39-36-33-30-26-21-18-15-12-9-6-3/h7-8,10-11,13-14,16-17,19-20,22-24,27,29,32,46-48,52-53H,4-6,9,12,15,18,21,25-26,28,30-31,33-45H2,1-3H3,(H,51,54)/b10-7+,11-8+,16-13+,17-14+,22-19-,23-20-,27-24-,32-29+. The van der Waals surface area contributed by atoms with Crippen LogP contribution in [0.3, 0.4) is 0 Å². The number of aliphatic hydroxyl groups excluding tert-OH is 2. The maximum atomic E-state index is 13.1. The van der Waals surface area contributed by atoms with Gasteiger partial charge in [0, 0.05) is 6.42 Å². The van der Waals surface area contributed by atoms with Crippen LogP contribution in [0.5, 0.6) is 0 Å². The summed E-state index contributed by atoms with van der Waals surface area (Å²) in [6, 6.07) is -0.732. The third-order valence-corrected chi connectivity index (χ3v) is 9.60. The largest absolute Gasteiger partial charge is 0.462 e. The molecule has 0 aliphatic heterocycles. The van der Waals surface area contributed by atoms with Gasteiger partial charge in [-0.15, -0.1) is 0 Å². The Morgan fingerprint density at radius 3 is 1.50 bits per heavy atom. The zero-order valence-electron chi connectivity index (χ0n) is 36.0. The first-order chi connectivity index (χ1) is 27.5. The first kappa shape index (κ1) is 52.8. The van der Waals surface area contributed by atoms with Gasteiger partial charge in [-0.2, -0.15) is 0 Å². The minimum atomic E-state index is -0.814. The molecule has 0 bridgehead atoms. The second-order valence-corrected chi connectivity index (χ2v) is 14.9. The number of rotatable bonds is 38. The van der Waals surface area contributed by atoms with E-state index in [1.165, 1.54) is 51.4 Å². The van der Waals surface area contributed by atoms with Gasteiger partial charge in [0.1, 0.15) is 6.10 Å². The van der Waals surface area contributed by atoms with Crippen molar-refractivity contribution >= 4 is 11.9 Å². The van der Waals surface area contributed by atoms with E-state index in [0.29, 0.717) is 19.3 Å². The quantitative estimate of drug-likeness (QED) is 0.0330. The summed E-state index contributed by atoms with van der Waals surface area (Å²) in [7, 11) is 0. The summed E-state index contributed by atoms with van der Waals surface area (Å²) in [5.41, 5.74) is 0. The van der Waals surface area contributed by atoms with Gasteiger partial charge in [-0.1, -0.05) is 208 Å². The van der Waals surface area contributed by atoms with E-state index in [4.69, 9.17) is 4.74 Å². The predicted molar refractivity (Wildman–Crippen MR) is 240 cm³/mol. The molecule has 0 rings (SSSR count). The molecule has 0 spiro atoms. The highest BCUT2D eigenvalue weighted by atomic mass is 16.5. The van der Waals surface area contributed by atoms with Crippen LogP contribution >= 0.6 is 0 Å². The van der Waals surface area contributed by atoms with Gasteiger partial charge in [0.15, 0.2) is 0 Å². The zero-order valence-corrected chi connectivity index (χ0v) is 36.0. The van der Waals surface area contributed by atoms with Gasteiger partial charge < -0.3 is 20.3 Å². The minimum Gasteiger partial charge on any atom is -0.462 e. The SMILES string of the molecule is CC/C=C/C=C/C=C\C=C/C=C/CCCC(CC(=O)NC(CO)C(O)CCCCCCCCCCCCC)OC(=O)CCCCCCC\C=C/C=C/C=C/CC. The maximum Gasteiger partial charge on any atom is 0.306 e. The molecule has 6 nitrogen and oxygen atoms in total. The van der Waals surface area contributed by atoms with Gasteiger partial charge >= 0.3 is 5.97 Å². The minimum absolute atomic E-state index is 0.0143. The molecule has 56 heavy (non-hydrogen) atoms. The van der Waals surface area contributed by atoms with Gasteiger partial charge in [-0.3, -0.25) is 9.59 Å². The molecule has 0 aromatic heterocycles. The van der Waals surface area contributed by atoms with Crippen LogP contribution in [0.25, 0.3) is 0 Å². The second kappa shape index (κ2) is 42.9. The molecule has 3 unspecified atom stereocenters. The number of aliphatic hydroxyl groups is 2. The Hall–Kier alpha value is -3.22. The average Bonchev–Trinajstić information content (AvgIpc) is 3.19. The fourth-order valence-electron chi connectivity index (χ4n) is 6.22. The van der Waals surface area contributed by atoms with Gasteiger partial charge in [-0.05, 0) is 57.8 Å². The second-order valence-electron chi connectivity index (χ2n) is 14.9. The highest BCUT2D eigenvalue weighted by Gasteiger charge is 2.24. The van der Waals surface area contributed by atoms with E-state index in [-0.39, 0.29) is 24.9 Å². The lowest BCUT2D eigenvalue weighted by atomic mass is 10.0. The summed E-state index contributed by atoms with van der Waals surface area (Å²) in [5, 5.41) is 23.6. The first-order valence-corrected chi connectivity index (χ1v) is 22.6. The molecule has 0 aliphatic rings. The molecule has 0 saturated carbocycles. The smallest absolute Gasteiger partial charge is 0.306 e. The van der Waals surface area contributed by atoms with E-state index < -0.39 is 18.2 Å². The third-order valence-electron chi connectivity index (χ3n) is 9.60. The fourth-order valence-corrected chi connectivity index (χ4v) is 6.22. The number of carbonyl (C=O) groups excluding carboxylic acids is 2. The molecular formula is C50H83NO5. The van der Waals surface area contributed by atoms with E-state index in [9.17, 15) is 19.8 Å². The first-order valence-electron chi connectivity index (χ1n) is 22.6. The topological polar surface area (TPSA) is 95.9 Å². The Morgan fingerprint density at radius 2 is 0.982 bits per heavy atom. The summed E-state index contributed by atoms with van der Waals surface area (Å²) < 4.78 is 5.85. The van der Waals surface area contributed by atoms with E-state index in [1.807, 2.05) is 48.6 Å². The summed E-state index contributed by atoms with van der Waals surface area (Å²) in [6.45, 7) is 6.14. The number of hydrogen-bond donors (Lipinski definition) is 3. The molecule has 1 amide bonds. The van der Waals surface area contributed by atoms with Crippen molar-refractivity contribution in [3.8, 4) is 0 Å². The number of hydrogen-bond acceptors (Lipinski definition) is 5. The Morgan fingerprint density at radius 1 is 0.536 bits per heavy atom. The molecule has 0 aromatic rings. The predicted octanol–water partition coefficient (Wildman–Crippen LogP) is 13.0. The van der Waals surface area contributed by atoms with Gasteiger partial charge in [0.05, 0.1) is 25.2 Å². The van der Waals surface area contributed by atoms with Crippen LogP contribution in [0.1, 0.15) is 181 Å². The van der Waals surface area contributed by atoms with Crippen molar-refractivity contribution in [3.05, 3.63) is 97.2 Å². The number of allylic oxidation sites excluding steroid dienone is 16. The Labute approximate surface area is 344 Å². The summed E-state index contributed by atoms with van der Waals surface area (Å²) in [5.74, 6) is -0.583. The Balaban J connectivity index is 4.79. The molecule has 3 N–H and O–H groups in total. The van der Waals surface area contributed by atoms with Gasteiger partial charge in [0.2, 0.25) is 5.91 Å². The maximum absolute atomic E-state index is 13.1. The van der Waals surface area contributed by atoms with Crippen molar-refractivity contribution in [2.45, 2.75) is 200 Å². The normalized spacial score (nSPS) is 14.3. The van der Waals surface area contributed by atoms with E-state index >= 15 is 0 Å².